The molecule has 0 bridgehead atoms. The molecular weight excluding hydrogens is 416 g/mol. The zero-order valence-electron chi connectivity index (χ0n) is 16.4. The van der Waals surface area contributed by atoms with Gasteiger partial charge >= 0.3 is 5.97 Å². The minimum Gasteiger partial charge on any atom is -0.459 e. The molecule has 156 valence electrons. The highest BCUT2D eigenvalue weighted by molar-refractivity contribution is 7.13. The number of nitrogens with zero attached hydrogens (tertiary/aromatic N) is 2. The lowest BCUT2D eigenvalue weighted by Crippen LogP contribution is -2.49. The maximum atomic E-state index is 13.0. The first-order chi connectivity index (χ1) is 15.2. The number of thiophene rings is 1. The quantitative estimate of drug-likeness (QED) is 0.435. The number of furan rings is 1. The van der Waals surface area contributed by atoms with Gasteiger partial charge < -0.3 is 18.5 Å². The van der Waals surface area contributed by atoms with Crippen LogP contribution in [-0.4, -0.2) is 27.8 Å². The molecule has 4 aromatic rings. The molecule has 0 spiro atoms. The monoisotopic (exact) mass is 434 g/mol. The molecule has 3 aromatic heterocycles. The predicted octanol–water partition coefficient (Wildman–Crippen LogP) is 4.31. The van der Waals surface area contributed by atoms with Gasteiger partial charge in [0.2, 0.25) is 5.89 Å². The topological polar surface area (TPSA) is 85.8 Å². The predicted molar refractivity (Wildman–Crippen MR) is 112 cm³/mol. The van der Waals surface area contributed by atoms with E-state index in [1.807, 2.05) is 41.8 Å². The molecule has 1 unspecified atom stereocenters. The summed E-state index contributed by atoms with van der Waals surface area (Å²) >= 11 is 1.52. The number of amides is 1. The van der Waals surface area contributed by atoms with Crippen molar-refractivity contribution in [3.63, 3.8) is 0 Å². The van der Waals surface area contributed by atoms with Gasteiger partial charge in [-0.15, -0.1) is 11.3 Å². The summed E-state index contributed by atoms with van der Waals surface area (Å²) in [4.78, 5) is 32.8. The van der Waals surface area contributed by atoms with Gasteiger partial charge in [-0.25, -0.2) is 9.78 Å². The van der Waals surface area contributed by atoms with Crippen LogP contribution in [-0.2, 0) is 29.1 Å². The molecule has 7 nitrogen and oxygen atoms in total. The van der Waals surface area contributed by atoms with Gasteiger partial charge in [0, 0.05) is 13.0 Å². The first-order valence-electron chi connectivity index (χ1n) is 9.75. The van der Waals surface area contributed by atoms with E-state index in [4.69, 9.17) is 13.6 Å². The Bertz CT molecular complexity index is 1200. The van der Waals surface area contributed by atoms with Crippen molar-refractivity contribution in [2.24, 2.45) is 0 Å². The van der Waals surface area contributed by atoms with E-state index in [1.165, 1.54) is 28.8 Å². The third-order valence-electron chi connectivity index (χ3n) is 5.16. The van der Waals surface area contributed by atoms with Crippen molar-refractivity contribution in [1.29, 1.82) is 0 Å². The van der Waals surface area contributed by atoms with E-state index in [1.54, 1.807) is 12.1 Å². The first kappa shape index (κ1) is 19.3. The number of hydrogen-bond donors (Lipinski definition) is 0. The fraction of sp³-hybridized carbons (Fsp3) is 0.174. The summed E-state index contributed by atoms with van der Waals surface area (Å²) in [5.41, 5.74) is 2.54. The third-order valence-corrected chi connectivity index (χ3v) is 6.02. The summed E-state index contributed by atoms with van der Waals surface area (Å²) in [6.45, 7) is 0.274. The number of hydrogen-bond acceptors (Lipinski definition) is 7. The number of carbonyl (C=O) groups excluding carboxylic acids is 2. The molecule has 4 heterocycles. The Kier molecular flexibility index (Phi) is 5.13. The molecule has 0 fully saturated rings. The van der Waals surface area contributed by atoms with Crippen molar-refractivity contribution in [2.75, 3.05) is 0 Å². The number of oxazole rings is 1. The molecular formula is C23H18N2O5S. The Balaban J connectivity index is 1.33. The molecule has 8 heteroatoms. The number of aromatic nitrogens is 1. The fourth-order valence-electron chi connectivity index (χ4n) is 3.62. The van der Waals surface area contributed by atoms with Crippen LogP contribution in [0.5, 0.6) is 0 Å². The van der Waals surface area contributed by atoms with Gasteiger partial charge in [0.1, 0.15) is 24.6 Å². The second kappa shape index (κ2) is 8.23. The molecule has 1 atom stereocenters. The van der Waals surface area contributed by atoms with E-state index in [-0.39, 0.29) is 18.3 Å². The molecule has 5 rings (SSSR count). The lowest BCUT2D eigenvalue weighted by Gasteiger charge is -2.34. The SMILES string of the molecule is O=C(OCc1coc(-c2cccs2)n1)C1Cc2ccccc2CN1C(=O)c1ccco1. The zero-order valence-corrected chi connectivity index (χ0v) is 17.2. The van der Waals surface area contributed by atoms with Gasteiger partial charge in [0.05, 0.1) is 11.1 Å². The maximum Gasteiger partial charge on any atom is 0.329 e. The second-order valence-corrected chi connectivity index (χ2v) is 8.08. The Labute approximate surface area is 181 Å². The van der Waals surface area contributed by atoms with Gasteiger partial charge in [0.25, 0.3) is 5.91 Å². The van der Waals surface area contributed by atoms with E-state index in [2.05, 4.69) is 4.98 Å². The fourth-order valence-corrected chi connectivity index (χ4v) is 4.27. The minimum absolute atomic E-state index is 0.0331. The van der Waals surface area contributed by atoms with Gasteiger partial charge in [-0.1, -0.05) is 30.3 Å². The van der Waals surface area contributed by atoms with E-state index in [9.17, 15) is 9.59 Å². The number of benzene rings is 1. The van der Waals surface area contributed by atoms with Crippen LogP contribution < -0.4 is 0 Å². The van der Waals surface area contributed by atoms with Crippen LogP contribution in [0.25, 0.3) is 10.8 Å². The summed E-state index contributed by atoms with van der Waals surface area (Å²) in [7, 11) is 0. The third kappa shape index (κ3) is 3.89. The zero-order chi connectivity index (χ0) is 21.2. The van der Waals surface area contributed by atoms with Gasteiger partial charge in [-0.3, -0.25) is 4.79 Å². The molecule has 1 amide bonds. The minimum atomic E-state index is -0.754. The van der Waals surface area contributed by atoms with E-state index in [0.29, 0.717) is 24.6 Å². The van der Waals surface area contributed by atoms with Crippen molar-refractivity contribution >= 4 is 23.2 Å². The molecule has 1 aromatic carbocycles. The lowest BCUT2D eigenvalue weighted by molar-refractivity contribution is -0.151. The molecule has 31 heavy (non-hydrogen) atoms. The van der Waals surface area contributed by atoms with Crippen LogP contribution in [0.15, 0.2) is 75.3 Å². The Morgan fingerprint density at radius 1 is 1.10 bits per heavy atom. The summed E-state index contributed by atoms with van der Waals surface area (Å²) in [6.07, 6.45) is 3.29. The molecule has 0 saturated heterocycles. The van der Waals surface area contributed by atoms with Crippen molar-refractivity contribution in [1.82, 2.24) is 9.88 Å². The Morgan fingerprint density at radius 2 is 1.97 bits per heavy atom. The summed E-state index contributed by atoms with van der Waals surface area (Å²) in [5.74, 6) is -0.158. The Morgan fingerprint density at radius 3 is 2.74 bits per heavy atom. The van der Waals surface area contributed by atoms with E-state index < -0.39 is 12.0 Å². The Hall–Kier alpha value is -3.65. The van der Waals surface area contributed by atoms with Crippen LogP contribution in [0.2, 0.25) is 0 Å². The lowest BCUT2D eigenvalue weighted by atomic mass is 9.93. The number of carbonyl (C=O) groups is 2. The van der Waals surface area contributed by atoms with E-state index in [0.717, 1.165) is 16.0 Å². The standard InChI is InChI=1S/C23H18N2O5S/c26-22(19-7-3-9-28-19)25-12-16-6-2-1-5-15(16)11-18(25)23(27)30-14-17-13-29-21(24-17)20-8-4-10-31-20/h1-10,13,18H,11-12,14H2. The molecule has 0 aliphatic carbocycles. The first-order valence-corrected chi connectivity index (χ1v) is 10.6. The number of ether oxygens (including phenoxy) is 1. The summed E-state index contributed by atoms with van der Waals surface area (Å²) in [5, 5.41) is 1.94. The molecule has 0 saturated carbocycles. The van der Waals surface area contributed by atoms with Crippen LogP contribution in [0.3, 0.4) is 0 Å². The molecule has 0 N–H and O–H groups in total. The summed E-state index contributed by atoms with van der Waals surface area (Å²) < 4.78 is 16.3. The van der Waals surface area contributed by atoms with Gasteiger partial charge in [0.15, 0.2) is 5.76 Å². The van der Waals surface area contributed by atoms with Crippen LogP contribution in [0.4, 0.5) is 0 Å². The normalized spacial score (nSPS) is 15.5. The highest BCUT2D eigenvalue weighted by Gasteiger charge is 2.37. The van der Waals surface area contributed by atoms with Gasteiger partial charge in [-0.2, -0.15) is 0 Å². The second-order valence-electron chi connectivity index (χ2n) is 7.13. The van der Waals surface area contributed by atoms with E-state index >= 15 is 0 Å². The van der Waals surface area contributed by atoms with Crippen molar-refractivity contribution in [3.8, 4) is 10.8 Å². The molecule has 0 radical (unpaired) electrons. The highest BCUT2D eigenvalue weighted by atomic mass is 32.1. The van der Waals surface area contributed by atoms with Gasteiger partial charge in [-0.05, 0) is 34.7 Å². The molecule has 1 aliphatic heterocycles. The van der Waals surface area contributed by atoms with Crippen LogP contribution in [0.1, 0.15) is 27.4 Å². The average molecular weight is 434 g/mol. The molecule has 1 aliphatic rings. The number of rotatable bonds is 5. The number of fused-ring (bicyclic) bond motifs is 1. The average Bonchev–Trinajstić information content (AvgIpc) is 3.57. The van der Waals surface area contributed by atoms with Crippen molar-refractivity contribution in [2.45, 2.75) is 25.6 Å². The smallest absolute Gasteiger partial charge is 0.329 e. The number of esters is 1. The van der Waals surface area contributed by atoms with Crippen LogP contribution in [0, 0.1) is 0 Å². The van der Waals surface area contributed by atoms with Crippen molar-refractivity contribution < 1.29 is 23.2 Å². The van der Waals surface area contributed by atoms with Crippen LogP contribution >= 0.6 is 11.3 Å². The van der Waals surface area contributed by atoms with Crippen molar-refractivity contribution in [3.05, 3.63) is 89.0 Å². The summed E-state index contributed by atoms with van der Waals surface area (Å²) in [6, 6.07) is 14.1. The highest BCUT2D eigenvalue weighted by Crippen LogP contribution is 2.27. The maximum absolute atomic E-state index is 13.0. The largest absolute Gasteiger partial charge is 0.459 e.